The van der Waals surface area contributed by atoms with E-state index in [-0.39, 0.29) is 5.56 Å². The maximum absolute atomic E-state index is 11.0. The number of ether oxygens (including phenoxy) is 1. The summed E-state index contributed by atoms with van der Waals surface area (Å²) in [6.45, 7) is 0. The first-order valence-electron chi connectivity index (χ1n) is 4.78. The lowest BCUT2D eigenvalue weighted by molar-refractivity contribution is 0.0693. The van der Waals surface area contributed by atoms with Gasteiger partial charge in [-0.25, -0.2) is 4.79 Å². The van der Waals surface area contributed by atoms with E-state index < -0.39 is 5.97 Å². The van der Waals surface area contributed by atoms with Crippen molar-refractivity contribution in [2.24, 2.45) is 0 Å². The molecule has 0 saturated carbocycles. The average molecular weight is 344 g/mol. The standard InChI is InChI=1S/C12H9IO4/c1-16-11-6-7(10-3-2-4-17-10)9(13)5-8(11)12(14)15/h2-6H,1H3,(H,14,15). The van der Waals surface area contributed by atoms with Gasteiger partial charge in [0.1, 0.15) is 17.1 Å². The number of rotatable bonds is 3. The summed E-state index contributed by atoms with van der Waals surface area (Å²) in [7, 11) is 1.44. The van der Waals surface area contributed by atoms with Crippen LogP contribution in [0, 0.1) is 3.57 Å². The fourth-order valence-electron chi connectivity index (χ4n) is 1.51. The van der Waals surface area contributed by atoms with Crippen LogP contribution >= 0.6 is 22.6 Å². The number of hydrogen-bond acceptors (Lipinski definition) is 3. The summed E-state index contributed by atoms with van der Waals surface area (Å²) in [5, 5.41) is 9.04. The molecule has 0 bridgehead atoms. The van der Waals surface area contributed by atoms with Crippen LogP contribution < -0.4 is 4.74 Å². The predicted octanol–water partition coefficient (Wildman–Crippen LogP) is 3.26. The van der Waals surface area contributed by atoms with Gasteiger partial charge in [0.15, 0.2) is 0 Å². The van der Waals surface area contributed by atoms with E-state index in [0.29, 0.717) is 11.5 Å². The Kier molecular flexibility index (Phi) is 3.37. The summed E-state index contributed by atoms with van der Waals surface area (Å²) in [5.41, 5.74) is 0.963. The highest BCUT2D eigenvalue weighted by atomic mass is 127. The van der Waals surface area contributed by atoms with Gasteiger partial charge in [-0.1, -0.05) is 0 Å². The molecule has 0 fully saturated rings. The Morgan fingerprint density at radius 1 is 1.47 bits per heavy atom. The molecular weight excluding hydrogens is 335 g/mol. The minimum Gasteiger partial charge on any atom is -0.496 e. The molecule has 0 saturated heterocycles. The molecular formula is C12H9IO4. The monoisotopic (exact) mass is 344 g/mol. The Labute approximate surface area is 111 Å². The minimum absolute atomic E-state index is 0.146. The van der Waals surface area contributed by atoms with Crippen molar-refractivity contribution >= 4 is 28.6 Å². The van der Waals surface area contributed by atoms with Gasteiger partial charge in [0.05, 0.1) is 13.4 Å². The third-order valence-electron chi connectivity index (χ3n) is 2.31. The van der Waals surface area contributed by atoms with Crippen LogP contribution in [0.4, 0.5) is 0 Å². The first-order chi connectivity index (χ1) is 8.13. The molecule has 0 radical (unpaired) electrons. The van der Waals surface area contributed by atoms with Crippen molar-refractivity contribution in [3.63, 3.8) is 0 Å². The Balaban J connectivity index is 2.60. The second-order valence-corrected chi connectivity index (χ2v) is 4.48. The van der Waals surface area contributed by atoms with Crippen molar-refractivity contribution in [2.75, 3.05) is 7.11 Å². The Bertz CT molecular complexity index is 546. The zero-order chi connectivity index (χ0) is 12.4. The molecule has 4 nitrogen and oxygen atoms in total. The van der Waals surface area contributed by atoms with Gasteiger partial charge in [-0.3, -0.25) is 0 Å². The van der Waals surface area contributed by atoms with Crippen LogP contribution in [0.15, 0.2) is 34.9 Å². The second kappa shape index (κ2) is 4.79. The highest BCUT2D eigenvalue weighted by Gasteiger charge is 2.16. The van der Waals surface area contributed by atoms with Crippen LogP contribution in [0.5, 0.6) is 5.75 Å². The van der Waals surface area contributed by atoms with Crippen molar-refractivity contribution in [1.29, 1.82) is 0 Å². The number of carbonyl (C=O) groups is 1. The van der Waals surface area contributed by atoms with Gasteiger partial charge in [0.2, 0.25) is 0 Å². The molecule has 1 heterocycles. The average Bonchev–Trinajstić information content (AvgIpc) is 2.82. The number of aromatic carboxylic acids is 1. The smallest absolute Gasteiger partial charge is 0.339 e. The van der Waals surface area contributed by atoms with Crippen LogP contribution in [0.25, 0.3) is 11.3 Å². The van der Waals surface area contributed by atoms with Gasteiger partial charge >= 0.3 is 5.97 Å². The molecule has 5 heteroatoms. The molecule has 2 rings (SSSR count). The summed E-state index contributed by atoms with van der Waals surface area (Å²) in [4.78, 5) is 11.0. The second-order valence-electron chi connectivity index (χ2n) is 3.31. The van der Waals surface area contributed by atoms with Crippen molar-refractivity contribution in [3.05, 3.63) is 39.7 Å². The van der Waals surface area contributed by atoms with Crippen LogP contribution in [-0.4, -0.2) is 18.2 Å². The molecule has 0 amide bonds. The number of carboxylic acid groups (broad SMARTS) is 1. The molecule has 0 atom stereocenters. The maximum Gasteiger partial charge on any atom is 0.339 e. The lowest BCUT2D eigenvalue weighted by Gasteiger charge is -2.08. The van der Waals surface area contributed by atoms with E-state index in [0.717, 1.165) is 9.13 Å². The maximum atomic E-state index is 11.0. The summed E-state index contributed by atoms with van der Waals surface area (Å²) in [6, 6.07) is 6.84. The molecule has 1 aromatic carbocycles. The number of methoxy groups -OCH3 is 1. The molecule has 17 heavy (non-hydrogen) atoms. The third kappa shape index (κ3) is 2.28. The van der Waals surface area contributed by atoms with Gasteiger partial charge < -0.3 is 14.3 Å². The molecule has 1 N–H and O–H groups in total. The Morgan fingerprint density at radius 2 is 2.24 bits per heavy atom. The van der Waals surface area contributed by atoms with Crippen molar-refractivity contribution in [1.82, 2.24) is 0 Å². The quantitative estimate of drug-likeness (QED) is 0.869. The lowest BCUT2D eigenvalue weighted by atomic mass is 10.1. The molecule has 1 aromatic heterocycles. The molecule has 0 unspecified atom stereocenters. The Hall–Kier alpha value is -1.50. The fourth-order valence-corrected chi connectivity index (χ4v) is 2.24. The number of carboxylic acids is 1. The van der Waals surface area contributed by atoms with E-state index in [1.54, 1.807) is 24.5 Å². The van der Waals surface area contributed by atoms with E-state index in [4.69, 9.17) is 14.3 Å². The van der Waals surface area contributed by atoms with Crippen molar-refractivity contribution in [3.8, 4) is 17.1 Å². The summed E-state index contributed by atoms with van der Waals surface area (Å²) in [6.07, 6.45) is 1.57. The number of halogens is 1. The summed E-state index contributed by atoms with van der Waals surface area (Å²) >= 11 is 2.07. The van der Waals surface area contributed by atoms with E-state index in [2.05, 4.69) is 22.6 Å². The molecule has 0 spiro atoms. The first-order valence-corrected chi connectivity index (χ1v) is 5.86. The molecule has 0 aliphatic rings. The normalized spacial score (nSPS) is 10.2. The summed E-state index contributed by atoms with van der Waals surface area (Å²) < 4.78 is 11.2. The van der Waals surface area contributed by atoms with E-state index in [9.17, 15) is 4.79 Å². The predicted molar refractivity (Wildman–Crippen MR) is 70.4 cm³/mol. The topological polar surface area (TPSA) is 59.7 Å². The van der Waals surface area contributed by atoms with Crippen LogP contribution in [0.2, 0.25) is 0 Å². The van der Waals surface area contributed by atoms with Gasteiger partial charge in [0, 0.05) is 9.13 Å². The minimum atomic E-state index is -1.01. The van der Waals surface area contributed by atoms with Crippen molar-refractivity contribution < 1.29 is 19.1 Å². The highest BCUT2D eigenvalue weighted by molar-refractivity contribution is 14.1. The SMILES string of the molecule is COc1cc(-c2ccco2)c(I)cc1C(=O)O. The number of benzene rings is 1. The zero-order valence-corrected chi connectivity index (χ0v) is 11.1. The highest BCUT2D eigenvalue weighted by Crippen LogP contribution is 2.32. The van der Waals surface area contributed by atoms with Crippen LogP contribution in [-0.2, 0) is 0 Å². The van der Waals surface area contributed by atoms with Crippen molar-refractivity contribution in [2.45, 2.75) is 0 Å². The largest absolute Gasteiger partial charge is 0.496 e. The van der Waals surface area contributed by atoms with E-state index in [1.807, 2.05) is 6.07 Å². The fraction of sp³-hybridized carbons (Fsp3) is 0.0833. The van der Waals surface area contributed by atoms with E-state index in [1.165, 1.54) is 7.11 Å². The van der Waals surface area contributed by atoms with Gasteiger partial charge in [0.25, 0.3) is 0 Å². The zero-order valence-electron chi connectivity index (χ0n) is 8.94. The van der Waals surface area contributed by atoms with Crippen LogP contribution in [0.1, 0.15) is 10.4 Å². The number of furan rings is 1. The van der Waals surface area contributed by atoms with E-state index >= 15 is 0 Å². The summed E-state index contributed by atoms with van der Waals surface area (Å²) in [5.74, 6) is -0.000263. The molecule has 0 aliphatic carbocycles. The van der Waals surface area contributed by atoms with Gasteiger partial charge in [-0.2, -0.15) is 0 Å². The van der Waals surface area contributed by atoms with Gasteiger partial charge in [-0.05, 0) is 46.9 Å². The number of hydrogen-bond donors (Lipinski definition) is 1. The molecule has 0 aliphatic heterocycles. The molecule has 88 valence electrons. The van der Waals surface area contributed by atoms with Gasteiger partial charge in [-0.15, -0.1) is 0 Å². The third-order valence-corrected chi connectivity index (χ3v) is 3.20. The molecule has 2 aromatic rings. The lowest BCUT2D eigenvalue weighted by Crippen LogP contribution is -2.01. The first kappa shape index (κ1) is 12.0. The Morgan fingerprint density at radius 3 is 2.76 bits per heavy atom. The van der Waals surface area contributed by atoms with Crippen LogP contribution in [0.3, 0.4) is 0 Å².